The third kappa shape index (κ3) is 3.76. The number of rotatable bonds is 4. The van der Waals surface area contributed by atoms with E-state index in [0.29, 0.717) is 25.3 Å². The van der Waals surface area contributed by atoms with Crippen molar-refractivity contribution in [1.29, 1.82) is 0 Å². The second kappa shape index (κ2) is 6.31. The Morgan fingerprint density at radius 3 is 2.55 bits per heavy atom. The van der Waals surface area contributed by atoms with Crippen molar-refractivity contribution in [2.24, 2.45) is 5.92 Å². The number of nitrogens with zero attached hydrogens (tertiary/aromatic N) is 1. The van der Waals surface area contributed by atoms with E-state index in [1.807, 2.05) is 38.1 Å². The van der Waals surface area contributed by atoms with Crippen molar-refractivity contribution in [2.45, 2.75) is 31.9 Å². The minimum Gasteiger partial charge on any atom is -0.326 e. The van der Waals surface area contributed by atoms with E-state index in [0.717, 1.165) is 11.4 Å². The Kier molecular flexibility index (Phi) is 4.70. The molecule has 0 aliphatic carbocycles. The molecular formula is C15H20N2O2S. The van der Waals surface area contributed by atoms with E-state index in [4.69, 9.17) is 0 Å². The van der Waals surface area contributed by atoms with Gasteiger partial charge >= 0.3 is 0 Å². The highest BCUT2D eigenvalue weighted by Crippen LogP contribution is 2.25. The third-order valence-electron chi connectivity index (χ3n) is 3.16. The Morgan fingerprint density at radius 1 is 1.40 bits per heavy atom. The lowest BCUT2D eigenvalue weighted by Gasteiger charge is -2.16. The molecule has 0 aromatic heterocycles. The molecule has 20 heavy (non-hydrogen) atoms. The topological polar surface area (TPSA) is 49.4 Å². The van der Waals surface area contributed by atoms with Gasteiger partial charge in [0.1, 0.15) is 0 Å². The van der Waals surface area contributed by atoms with Gasteiger partial charge in [0.2, 0.25) is 11.8 Å². The number of carbonyl (C=O) groups excluding carboxylic acids is 2. The minimum atomic E-state index is 0.0143. The standard InChI is InChI=1S/C15H20N2O2S/c1-10(2)7-14(18)16-11-3-5-12(6-4-11)17-9-13(20)8-15(17)19/h3-6,10,13,20H,7-9H2,1-2H3,(H,16,18). The van der Waals surface area contributed by atoms with Crippen LogP contribution >= 0.6 is 12.6 Å². The first-order chi connectivity index (χ1) is 9.45. The molecule has 1 aromatic carbocycles. The number of hydrogen-bond donors (Lipinski definition) is 2. The average molecular weight is 292 g/mol. The number of nitrogens with one attached hydrogen (secondary N) is 1. The van der Waals surface area contributed by atoms with E-state index in [2.05, 4.69) is 17.9 Å². The Bertz CT molecular complexity index is 499. The summed E-state index contributed by atoms with van der Waals surface area (Å²) in [6.07, 6.45) is 0.990. The monoisotopic (exact) mass is 292 g/mol. The van der Waals surface area contributed by atoms with Crippen LogP contribution in [0, 0.1) is 5.92 Å². The maximum Gasteiger partial charge on any atom is 0.228 e. The normalized spacial score (nSPS) is 18.7. The maximum atomic E-state index is 11.8. The summed E-state index contributed by atoms with van der Waals surface area (Å²) in [6, 6.07) is 7.36. The third-order valence-corrected chi connectivity index (χ3v) is 3.51. The molecular weight excluding hydrogens is 272 g/mol. The number of benzene rings is 1. The number of anilines is 2. The van der Waals surface area contributed by atoms with Crippen LogP contribution in [0.3, 0.4) is 0 Å². The van der Waals surface area contributed by atoms with Crippen LogP contribution in [-0.2, 0) is 9.59 Å². The Hall–Kier alpha value is -1.49. The molecule has 1 aliphatic rings. The molecule has 108 valence electrons. The number of thiol groups is 1. The molecule has 1 aromatic rings. The molecule has 0 bridgehead atoms. The van der Waals surface area contributed by atoms with Crippen molar-refractivity contribution >= 4 is 35.8 Å². The van der Waals surface area contributed by atoms with Gasteiger partial charge in [-0.3, -0.25) is 9.59 Å². The summed E-state index contributed by atoms with van der Waals surface area (Å²) in [5.74, 6) is 0.450. The summed E-state index contributed by atoms with van der Waals surface area (Å²) in [5.41, 5.74) is 1.61. The number of carbonyl (C=O) groups is 2. The van der Waals surface area contributed by atoms with E-state index in [9.17, 15) is 9.59 Å². The molecule has 2 amide bonds. The van der Waals surface area contributed by atoms with Gasteiger partial charge in [0.25, 0.3) is 0 Å². The van der Waals surface area contributed by atoms with Crippen LogP contribution in [0.25, 0.3) is 0 Å². The molecule has 0 spiro atoms. The molecule has 1 N–H and O–H groups in total. The van der Waals surface area contributed by atoms with E-state index in [-0.39, 0.29) is 17.1 Å². The van der Waals surface area contributed by atoms with Gasteiger partial charge < -0.3 is 10.2 Å². The van der Waals surface area contributed by atoms with Crippen LogP contribution in [0.5, 0.6) is 0 Å². The van der Waals surface area contributed by atoms with Crippen LogP contribution in [-0.4, -0.2) is 23.6 Å². The van der Waals surface area contributed by atoms with E-state index in [1.165, 1.54) is 0 Å². The van der Waals surface area contributed by atoms with Crippen LogP contribution in [0.1, 0.15) is 26.7 Å². The van der Waals surface area contributed by atoms with Gasteiger partial charge in [-0.15, -0.1) is 0 Å². The fourth-order valence-corrected chi connectivity index (χ4v) is 2.57. The van der Waals surface area contributed by atoms with E-state index >= 15 is 0 Å². The Balaban J connectivity index is 2.00. The van der Waals surface area contributed by atoms with Crippen LogP contribution in [0.15, 0.2) is 24.3 Å². The van der Waals surface area contributed by atoms with Gasteiger partial charge in [0.05, 0.1) is 0 Å². The number of hydrogen-bond acceptors (Lipinski definition) is 3. The van der Waals surface area contributed by atoms with E-state index in [1.54, 1.807) is 4.90 Å². The van der Waals surface area contributed by atoms with Gasteiger partial charge in [0.15, 0.2) is 0 Å². The van der Waals surface area contributed by atoms with Crippen molar-refractivity contribution in [1.82, 2.24) is 0 Å². The first kappa shape index (κ1) is 14.9. The molecule has 0 saturated carbocycles. The summed E-state index contributed by atoms with van der Waals surface area (Å²) in [4.78, 5) is 25.2. The smallest absolute Gasteiger partial charge is 0.228 e. The largest absolute Gasteiger partial charge is 0.326 e. The highest BCUT2D eigenvalue weighted by atomic mass is 32.1. The Labute approximate surface area is 124 Å². The van der Waals surface area contributed by atoms with Crippen LogP contribution < -0.4 is 10.2 Å². The second-order valence-electron chi connectivity index (χ2n) is 5.56. The molecule has 1 fully saturated rings. The molecule has 4 nitrogen and oxygen atoms in total. The molecule has 1 unspecified atom stereocenters. The lowest BCUT2D eigenvalue weighted by molar-refractivity contribution is -0.117. The molecule has 1 atom stereocenters. The molecule has 5 heteroatoms. The van der Waals surface area contributed by atoms with Gasteiger partial charge in [-0.05, 0) is 30.2 Å². The quantitative estimate of drug-likeness (QED) is 0.838. The predicted octanol–water partition coefficient (Wildman–Crippen LogP) is 2.71. The Morgan fingerprint density at radius 2 is 2.05 bits per heavy atom. The summed E-state index contributed by atoms with van der Waals surface area (Å²) in [6.45, 7) is 4.66. The average Bonchev–Trinajstić information content (AvgIpc) is 2.68. The van der Waals surface area contributed by atoms with E-state index < -0.39 is 0 Å². The maximum absolute atomic E-state index is 11.8. The van der Waals surface area contributed by atoms with Crippen molar-refractivity contribution in [3.8, 4) is 0 Å². The summed E-state index contributed by atoms with van der Waals surface area (Å²) < 4.78 is 0. The fraction of sp³-hybridized carbons (Fsp3) is 0.467. The summed E-state index contributed by atoms with van der Waals surface area (Å²) >= 11 is 4.34. The summed E-state index contributed by atoms with van der Waals surface area (Å²) in [5, 5.41) is 2.96. The van der Waals surface area contributed by atoms with Crippen LogP contribution in [0.4, 0.5) is 11.4 Å². The van der Waals surface area contributed by atoms with Gasteiger partial charge in [-0.1, -0.05) is 13.8 Å². The predicted molar refractivity (Wildman–Crippen MR) is 84.3 cm³/mol. The SMILES string of the molecule is CC(C)CC(=O)Nc1ccc(N2CC(S)CC2=O)cc1. The fourth-order valence-electron chi connectivity index (χ4n) is 2.25. The van der Waals surface area contributed by atoms with Crippen LogP contribution in [0.2, 0.25) is 0 Å². The van der Waals surface area contributed by atoms with Crippen molar-refractivity contribution < 1.29 is 9.59 Å². The van der Waals surface area contributed by atoms with Gasteiger partial charge in [-0.2, -0.15) is 12.6 Å². The second-order valence-corrected chi connectivity index (χ2v) is 6.29. The highest BCUT2D eigenvalue weighted by molar-refractivity contribution is 7.81. The van der Waals surface area contributed by atoms with Crippen molar-refractivity contribution in [3.05, 3.63) is 24.3 Å². The zero-order chi connectivity index (χ0) is 14.7. The van der Waals surface area contributed by atoms with Crippen molar-refractivity contribution in [2.75, 3.05) is 16.8 Å². The lowest BCUT2D eigenvalue weighted by Crippen LogP contribution is -2.24. The van der Waals surface area contributed by atoms with Gasteiger partial charge in [-0.25, -0.2) is 0 Å². The molecule has 2 rings (SSSR count). The van der Waals surface area contributed by atoms with Crippen molar-refractivity contribution in [3.63, 3.8) is 0 Å². The molecule has 1 saturated heterocycles. The molecule has 1 heterocycles. The number of amides is 2. The molecule has 0 radical (unpaired) electrons. The minimum absolute atomic E-state index is 0.0143. The lowest BCUT2D eigenvalue weighted by atomic mass is 10.1. The zero-order valence-electron chi connectivity index (χ0n) is 11.8. The molecule has 1 aliphatic heterocycles. The zero-order valence-corrected chi connectivity index (χ0v) is 12.7. The summed E-state index contributed by atoms with van der Waals surface area (Å²) in [7, 11) is 0. The first-order valence-corrected chi connectivity index (χ1v) is 7.35. The van der Waals surface area contributed by atoms with Gasteiger partial charge in [0, 0.05) is 36.0 Å². The highest BCUT2D eigenvalue weighted by Gasteiger charge is 2.28. The first-order valence-electron chi connectivity index (χ1n) is 6.84.